The zero-order chi connectivity index (χ0) is 19.7. The van der Waals surface area contributed by atoms with Gasteiger partial charge in [-0.05, 0) is 37.2 Å². The highest BCUT2D eigenvalue weighted by atomic mass is 16.1. The molecule has 2 saturated heterocycles. The summed E-state index contributed by atoms with van der Waals surface area (Å²) >= 11 is 0. The molecule has 150 valence electrons. The van der Waals surface area contributed by atoms with E-state index in [0.717, 1.165) is 24.4 Å². The number of hydrogen-bond donors (Lipinski definition) is 2. The summed E-state index contributed by atoms with van der Waals surface area (Å²) in [5.74, 6) is 1.41. The van der Waals surface area contributed by atoms with Crippen molar-refractivity contribution in [2.75, 3.05) is 5.32 Å². The van der Waals surface area contributed by atoms with Crippen LogP contribution in [0.5, 0.6) is 0 Å². The Kier molecular flexibility index (Phi) is 5.28. The van der Waals surface area contributed by atoms with Gasteiger partial charge < -0.3 is 10.6 Å². The highest BCUT2D eigenvalue weighted by molar-refractivity contribution is 5.90. The van der Waals surface area contributed by atoms with Gasteiger partial charge in [0.15, 0.2) is 0 Å². The number of amides is 1. The number of nitrogens with zero attached hydrogens (tertiary/aromatic N) is 2. The minimum atomic E-state index is -0.0599. The largest absolute Gasteiger partial charge is 0.311 e. The van der Waals surface area contributed by atoms with E-state index in [1.807, 2.05) is 28.9 Å². The summed E-state index contributed by atoms with van der Waals surface area (Å²) in [6.45, 7) is 7.11. The fourth-order valence-corrected chi connectivity index (χ4v) is 4.56. The van der Waals surface area contributed by atoms with E-state index in [4.69, 9.17) is 5.10 Å². The fourth-order valence-electron chi connectivity index (χ4n) is 4.56. The highest BCUT2D eigenvalue weighted by Gasteiger charge is 2.34. The van der Waals surface area contributed by atoms with Crippen LogP contribution in [0, 0.1) is 5.92 Å². The van der Waals surface area contributed by atoms with Crippen LogP contribution in [-0.2, 0) is 16.8 Å². The maximum absolute atomic E-state index is 12.8. The van der Waals surface area contributed by atoms with Crippen molar-refractivity contribution in [2.24, 2.45) is 5.92 Å². The summed E-state index contributed by atoms with van der Waals surface area (Å²) < 4.78 is 1.93. The molecule has 2 unspecified atom stereocenters. The van der Waals surface area contributed by atoms with E-state index in [2.05, 4.69) is 43.5 Å². The summed E-state index contributed by atoms with van der Waals surface area (Å²) in [5, 5.41) is 11.6. The lowest BCUT2D eigenvalue weighted by atomic mass is 9.89. The molecule has 0 radical (unpaired) electrons. The van der Waals surface area contributed by atoms with Gasteiger partial charge in [-0.15, -0.1) is 0 Å². The minimum absolute atomic E-state index is 0.0599. The van der Waals surface area contributed by atoms with Crippen LogP contribution in [0.25, 0.3) is 0 Å². The Bertz CT molecular complexity index is 809. The number of benzene rings is 1. The van der Waals surface area contributed by atoms with Crippen LogP contribution >= 0.6 is 0 Å². The average molecular weight is 381 g/mol. The Morgan fingerprint density at radius 2 is 1.86 bits per heavy atom. The van der Waals surface area contributed by atoms with Gasteiger partial charge in [0.05, 0.1) is 12.2 Å². The molecule has 2 aromatic rings. The van der Waals surface area contributed by atoms with Gasteiger partial charge in [-0.3, -0.25) is 4.79 Å². The van der Waals surface area contributed by atoms with E-state index in [1.54, 1.807) is 0 Å². The van der Waals surface area contributed by atoms with Crippen molar-refractivity contribution in [2.45, 2.75) is 76.9 Å². The number of carbonyl (C=O) groups excluding carboxylic acids is 1. The molecule has 2 aliphatic heterocycles. The molecule has 2 aliphatic rings. The topological polar surface area (TPSA) is 59.0 Å². The Labute approximate surface area is 167 Å². The third kappa shape index (κ3) is 4.46. The minimum Gasteiger partial charge on any atom is -0.311 e. The molecular weight excluding hydrogens is 348 g/mol. The number of nitrogens with one attached hydrogen (secondary N) is 2. The molecule has 5 heteroatoms. The zero-order valence-corrected chi connectivity index (χ0v) is 17.2. The maximum Gasteiger partial charge on any atom is 0.225 e. The van der Waals surface area contributed by atoms with Crippen LogP contribution < -0.4 is 10.6 Å². The van der Waals surface area contributed by atoms with E-state index in [0.29, 0.717) is 31.0 Å². The quantitative estimate of drug-likeness (QED) is 0.821. The maximum atomic E-state index is 12.8. The Morgan fingerprint density at radius 1 is 1.18 bits per heavy atom. The molecular formula is C23H32N4O. The molecule has 2 fully saturated rings. The predicted molar refractivity (Wildman–Crippen MR) is 112 cm³/mol. The zero-order valence-electron chi connectivity index (χ0n) is 17.2. The van der Waals surface area contributed by atoms with E-state index in [9.17, 15) is 4.79 Å². The van der Waals surface area contributed by atoms with Crippen molar-refractivity contribution in [1.82, 2.24) is 15.1 Å². The van der Waals surface area contributed by atoms with Gasteiger partial charge in [-0.1, -0.05) is 51.1 Å². The van der Waals surface area contributed by atoms with Crippen molar-refractivity contribution in [3.63, 3.8) is 0 Å². The van der Waals surface area contributed by atoms with Crippen molar-refractivity contribution < 1.29 is 4.79 Å². The molecule has 0 aliphatic carbocycles. The van der Waals surface area contributed by atoms with Crippen molar-refractivity contribution in [3.8, 4) is 0 Å². The first-order valence-corrected chi connectivity index (χ1v) is 10.5. The van der Waals surface area contributed by atoms with E-state index < -0.39 is 0 Å². The predicted octanol–water partition coefficient (Wildman–Crippen LogP) is 4.09. The Balaban J connectivity index is 1.47. The second-order valence-electron chi connectivity index (χ2n) is 9.54. The first-order valence-electron chi connectivity index (χ1n) is 10.5. The summed E-state index contributed by atoms with van der Waals surface area (Å²) in [6.07, 6.45) is 5.39. The normalized spacial score (nSPS) is 24.3. The standard InChI is InChI=1S/C23H32N4O/c1-23(2,3)20-14-21(27(26-20)15-16-7-5-4-6-8-16)25-22(28)13-17-11-18-9-10-19(12-17)24-18/h4-8,14,17-19,24H,9-13,15H2,1-3H3,(H,25,28). The fraction of sp³-hybridized carbons (Fsp3) is 0.565. The molecule has 2 atom stereocenters. The van der Waals surface area contributed by atoms with Crippen LogP contribution in [0.2, 0.25) is 0 Å². The van der Waals surface area contributed by atoms with Crippen LogP contribution in [0.15, 0.2) is 36.4 Å². The van der Waals surface area contributed by atoms with Gasteiger partial charge in [0.25, 0.3) is 0 Å². The number of piperidine rings is 1. The molecule has 3 heterocycles. The molecule has 0 saturated carbocycles. The summed E-state index contributed by atoms with van der Waals surface area (Å²) in [7, 11) is 0. The van der Waals surface area contributed by atoms with Crippen LogP contribution in [-0.4, -0.2) is 27.8 Å². The number of hydrogen-bond acceptors (Lipinski definition) is 3. The monoisotopic (exact) mass is 380 g/mol. The molecule has 2 N–H and O–H groups in total. The summed E-state index contributed by atoms with van der Waals surface area (Å²) in [4.78, 5) is 12.8. The third-order valence-electron chi connectivity index (χ3n) is 6.04. The van der Waals surface area contributed by atoms with Crippen molar-refractivity contribution in [3.05, 3.63) is 47.7 Å². The first kappa shape index (κ1) is 19.2. The van der Waals surface area contributed by atoms with E-state index in [1.165, 1.54) is 18.4 Å². The first-order chi connectivity index (χ1) is 13.4. The van der Waals surface area contributed by atoms with Crippen LogP contribution in [0.4, 0.5) is 5.82 Å². The van der Waals surface area contributed by atoms with Gasteiger partial charge in [0.1, 0.15) is 5.82 Å². The summed E-state index contributed by atoms with van der Waals surface area (Å²) in [6, 6.07) is 13.5. The molecule has 2 bridgehead atoms. The van der Waals surface area contributed by atoms with Gasteiger partial charge in [-0.2, -0.15) is 5.10 Å². The SMILES string of the molecule is CC(C)(C)c1cc(NC(=O)CC2CC3CCC(C2)N3)n(Cc2ccccc2)n1. The second-order valence-corrected chi connectivity index (χ2v) is 9.54. The molecule has 28 heavy (non-hydrogen) atoms. The van der Waals surface area contributed by atoms with Gasteiger partial charge >= 0.3 is 0 Å². The van der Waals surface area contributed by atoms with Gasteiger partial charge in [-0.25, -0.2) is 4.68 Å². The highest BCUT2D eigenvalue weighted by Crippen LogP contribution is 2.33. The number of anilines is 1. The van der Waals surface area contributed by atoms with E-state index in [-0.39, 0.29) is 11.3 Å². The molecule has 5 nitrogen and oxygen atoms in total. The van der Waals surface area contributed by atoms with Crippen molar-refractivity contribution >= 4 is 11.7 Å². The van der Waals surface area contributed by atoms with Crippen LogP contribution in [0.1, 0.15) is 64.1 Å². The molecule has 4 rings (SSSR count). The molecule has 0 spiro atoms. The van der Waals surface area contributed by atoms with Crippen molar-refractivity contribution in [1.29, 1.82) is 0 Å². The number of fused-ring (bicyclic) bond motifs is 2. The van der Waals surface area contributed by atoms with Gasteiger partial charge in [0.2, 0.25) is 5.91 Å². The number of carbonyl (C=O) groups is 1. The number of aromatic nitrogens is 2. The lowest BCUT2D eigenvalue weighted by Gasteiger charge is -2.28. The molecule has 1 amide bonds. The lowest BCUT2D eigenvalue weighted by Crippen LogP contribution is -2.39. The second kappa shape index (κ2) is 7.70. The number of rotatable bonds is 5. The smallest absolute Gasteiger partial charge is 0.225 e. The molecule has 1 aromatic heterocycles. The lowest BCUT2D eigenvalue weighted by molar-refractivity contribution is -0.117. The molecule has 1 aromatic carbocycles. The van der Waals surface area contributed by atoms with Gasteiger partial charge in [0, 0.05) is 30.0 Å². The Morgan fingerprint density at radius 3 is 2.50 bits per heavy atom. The van der Waals surface area contributed by atoms with Crippen LogP contribution in [0.3, 0.4) is 0 Å². The summed E-state index contributed by atoms with van der Waals surface area (Å²) in [5.41, 5.74) is 2.12. The van der Waals surface area contributed by atoms with E-state index >= 15 is 0 Å². The average Bonchev–Trinajstić information content (AvgIpc) is 3.18. The Hall–Kier alpha value is -2.14. The third-order valence-corrected chi connectivity index (χ3v) is 6.04.